The van der Waals surface area contributed by atoms with Crippen LogP contribution >= 0.6 is 0 Å². The molecule has 0 bridgehead atoms. The van der Waals surface area contributed by atoms with Gasteiger partial charge in [0.2, 0.25) is 0 Å². The molecule has 26 heavy (non-hydrogen) atoms. The maximum absolute atomic E-state index is 12.2. The van der Waals surface area contributed by atoms with Gasteiger partial charge in [-0.2, -0.15) is 13.2 Å². The van der Waals surface area contributed by atoms with E-state index >= 15 is 0 Å². The number of ether oxygens (including phenoxy) is 4. The summed E-state index contributed by atoms with van der Waals surface area (Å²) in [6.45, 7) is 1.07. The highest BCUT2D eigenvalue weighted by atomic mass is 19.4. The molecule has 0 radical (unpaired) electrons. The molecule has 0 aromatic heterocycles. The van der Waals surface area contributed by atoms with E-state index in [0.29, 0.717) is 16.9 Å². The molecule has 0 amide bonds. The summed E-state index contributed by atoms with van der Waals surface area (Å²) in [5.41, 5.74) is 0.376. The number of alkyl halides is 3. The van der Waals surface area contributed by atoms with Gasteiger partial charge >= 0.3 is 18.1 Å². The summed E-state index contributed by atoms with van der Waals surface area (Å²) in [6, 6.07) is 4.46. The number of carbonyl (C=O) groups is 2. The fraction of sp³-hybridized carbons (Fsp3) is 0.412. The molecule has 1 aliphatic rings. The number of rotatable bonds is 5. The maximum atomic E-state index is 12.2. The second-order valence-electron chi connectivity index (χ2n) is 5.92. The van der Waals surface area contributed by atoms with E-state index in [0.717, 1.165) is 0 Å². The summed E-state index contributed by atoms with van der Waals surface area (Å²) in [5, 5.41) is 0. The first-order chi connectivity index (χ1) is 12.0. The predicted octanol–water partition coefficient (Wildman–Crippen LogP) is 2.99. The zero-order valence-electron chi connectivity index (χ0n) is 14.3. The van der Waals surface area contributed by atoms with E-state index in [1.54, 1.807) is 0 Å². The Morgan fingerprint density at radius 3 is 2.31 bits per heavy atom. The monoisotopic (exact) mass is 374 g/mol. The number of benzene rings is 1. The third kappa shape index (κ3) is 5.22. The largest absolute Gasteiger partial charge is 0.496 e. The Bertz CT molecular complexity index is 715. The number of hydrogen-bond donors (Lipinski definition) is 0. The van der Waals surface area contributed by atoms with Crippen LogP contribution in [-0.2, 0) is 30.4 Å². The molecule has 0 spiro atoms. The molecule has 1 fully saturated rings. The van der Waals surface area contributed by atoms with Crippen molar-refractivity contribution in [2.45, 2.75) is 32.4 Å². The number of carbonyl (C=O) groups excluding carboxylic acids is 2. The second kappa shape index (κ2) is 7.36. The average Bonchev–Trinajstić information content (AvgIpc) is 2.49. The molecule has 0 aliphatic carbocycles. The molecule has 2 rings (SSSR count). The Morgan fingerprint density at radius 2 is 1.77 bits per heavy atom. The van der Waals surface area contributed by atoms with Crippen LogP contribution in [0.1, 0.15) is 25.0 Å². The van der Waals surface area contributed by atoms with Gasteiger partial charge in [0.05, 0.1) is 13.7 Å². The van der Waals surface area contributed by atoms with Crippen LogP contribution in [0.25, 0.3) is 6.08 Å². The molecule has 0 saturated carbocycles. The van der Waals surface area contributed by atoms with E-state index < -0.39 is 30.5 Å². The summed E-state index contributed by atoms with van der Waals surface area (Å²) >= 11 is 0. The Morgan fingerprint density at radius 1 is 1.15 bits per heavy atom. The van der Waals surface area contributed by atoms with Gasteiger partial charge in [-0.25, -0.2) is 9.59 Å². The first-order valence-electron chi connectivity index (χ1n) is 7.50. The lowest BCUT2D eigenvalue weighted by atomic mass is 10.1. The van der Waals surface area contributed by atoms with Crippen molar-refractivity contribution in [3.63, 3.8) is 0 Å². The summed E-state index contributed by atoms with van der Waals surface area (Å²) in [6.07, 6.45) is -3.22. The molecule has 1 saturated heterocycles. The van der Waals surface area contributed by atoms with Gasteiger partial charge in [-0.3, -0.25) is 0 Å². The van der Waals surface area contributed by atoms with Crippen molar-refractivity contribution < 1.29 is 41.7 Å². The van der Waals surface area contributed by atoms with Crippen LogP contribution < -0.4 is 4.74 Å². The molecule has 1 aliphatic heterocycles. The van der Waals surface area contributed by atoms with Crippen molar-refractivity contribution in [1.29, 1.82) is 0 Å². The molecule has 1 aromatic rings. The molecule has 0 atom stereocenters. The lowest BCUT2D eigenvalue weighted by molar-refractivity contribution is -0.222. The fourth-order valence-corrected chi connectivity index (χ4v) is 2.22. The molecule has 1 heterocycles. The second-order valence-corrected chi connectivity index (χ2v) is 5.92. The van der Waals surface area contributed by atoms with Gasteiger partial charge in [0.25, 0.3) is 5.79 Å². The normalized spacial score (nSPS) is 16.8. The standard InChI is InChI=1S/C17H17F3O6/c1-16(2)25-14(21)12(15(22)26-16)7-10-4-5-13(23-3)11(6-10)8-24-9-17(18,19)20/h4-7H,8-9H2,1-3H3. The molecule has 0 N–H and O–H groups in total. The van der Waals surface area contributed by atoms with E-state index in [-0.39, 0.29) is 12.2 Å². The molecule has 1 aromatic carbocycles. The van der Waals surface area contributed by atoms with Crippen LogP contribution in [0.5, 0.6) is 5.75 Å². The minimum absolute atomic E-state index is 0.309. The molecular weight excluding hydrogens is 357 g/mol. The molecule has 9 heteroatoms. The topological polar surface area (TPSA) is 71.1 Å². The van der Waals surface area contributed by atoms with Gasteiger partial charge < -0.3 is 18.9 Å². The lowest BCUT2D eigenvalue weighted by Crippen LogP contribution is -2.41. The van der Waals surface area contributed by atoms with Crippen molar-refractivity contribution in [3.05, 3.63) is 34.9 Å². The van der Waals surface area contributed by atoms with Crippen LogP contribution in [-0.4, -0.2) is 37.6 Å². The van der Waals surface area contributed by atoms with Crippen LogP contribution in [0.15, 0.2) is 23.8 Å². The van der Waals surface area contributed by atoms with Crippen LogP contribution in [0.4, 0.5) is 13.2 Å². The number of halogens is 3. The van der Waals surface area contributed by atoms with E-state index in [4.69, 9.17) is 14.2 Å². The van der Waals surface area contributed by atoms with Crippen LogP contribution in [0, 0.1) is 0 Å². The molecular formula is C17H17F3O6. The summed E-state index contributed by atoms with van der Waals surface area (Å²) < 4.78 is 56.3. The quantitative estimate of drug-likeness (QED) is 0.448. The summed E-state index contributed by atoms with van der Waals surface area (Å²) in [5.74, 6) is -2.75. The summed E-state index contributed by atoms with van der Waals surface area (Å²) in [7, 11) is 1.36. The number of esters is 2. The van der Waals surface area contributed by atoms with Crippen molar-refractivity contribution in [2.24, 2.45) is 0 Å². The Balaban J connectivity index is 2.23. The first-order valence-corrected chi connectivity index (χ1v) is 7.50. The van der Waals surface area contributed by atoms with E-state index in [2.05, 4.69) is 4.74 Å². The van der Waals surface area contributed by atoms with Gasteiger partial charge in [0, 0.05) is 19.4 Å². The molecule has 142 valence electrons. The van der Waals surface area contributed by atoms with Gasteiger partial charge in [-0.05, 0) is 23.8 Å². The third-order valence-corrected chi connectivity index (χ3v) is 3.26. The van der Waals surface area contributed by atoms with Crippen LogP contribution in [0.2, 0.25) is 0 Å². The average molecular weight is 374 g/mol. The SMILES string of the molecule is COc1ccc(C=C2C(=O)OC(C)(C)OC2=O)cc1COCC(F)(F)F. The minimum atomic E-state index is -4.45. The van der Waals surface area contributed by atoms with Gasteiger partial charge in [0.1, 0.15) is 17.9 Å². The number of hydrogen-bond acceptors (Lipinski definition) is 6. The third-order valence-electron chi connectivity index (χ3n) is 3.26. The van der Waals surface area contributed by atoms with Crippen molar-refractivity contribution in [1.82, 2.24) is 0 Å². The summed E-state index contributed by atoms with van der Waals surface area (Å²) in [4.78, 5) is 23.9. The highest BCUT2D eigenvalue weighted by Crippen LogP contribution is 2.27. The Kier molecular flexibility index (Phi) is 5.60. The lowest BCUT2D eigenvalue weighted by Gasteiger charge is -2.29. The van der Waals surface area contributed by atoms with Crippen molar-refractivity contribution >= 4 is 18.0 Å². The Hall–Kier alpha value is -2.55. The predicted molar refractivity (Wildman–Crippen MR) is 82.9 cm³/mol. The van der Waals surface area contributed by atoms with Crippen molar-refractivity contribution in [3.8, 4) is 5.75 Å². The molecule has 0 unspecified atom stereocenters. The zero-order chi connectivity index (χ0) is 19.5. The van der Waals surface area contributed by atoms with E-state index in [1.807, 2.05) is 0 Å². The number of cyclic esters (lactones) is 2. The maximum Gasteiger partial charge on any atom is 0.411 e. The van der Waals surface area contributed by atoms with Crippen molar-refractivity contribution in [2.75, 3.05) is 13.7 Å². The van der Waals surface area contributed by atoms with E-state index in [9.17, 15) is 22.8 Å². The van der Waals surface area contributed by atoms with Gasteiger partial charge in [-0.1, -0.05) is 6.07 Å². The fourth-order valence-electron chi connectivity index (χ4n) is 2.22. The Labute approximate surface area is 147 Å². The van der Waals surface area contributed by atoms with E-state index in [1.165, 1.54) is 45.2 Å². The molecule has 6 nitrogen and oxygen atoms in total. The van der Waals surface area contributed by atoms with Gasteiger partial charge in [0.15, 0.2) is 0 Å². The first kappa shape index (κ1) is 19.8. The zero-order valence-corrected chi connectivity index (χ0v) is 14.3. The highest BCUT2D eigenvalue weighted by molar-refractivity contribution is 6.18. The van der Waals surface area contributed by atoms with Gasteiger partial charge in [-0.15, -0.1) is 0 Å². The smallest absolute Gasteiger partial charge is 0.411 e. The van der Waals surface area contributed by atoms with Crippen LogP contribution in [0.3, 0.4) is 0 Å². The minimum Gasteiger partial charge on any atom is -0.496 e. The number of methoxy groups -OCH3 is 1. The highest BCUT2D eigenvalue weighted by Gasteiger charge is 2.38.